The van der Waals surface area contributed by atoms with Crippen LogP contribution in [0.2, 0.25) is 0 Å². The zero-order valence-electron chi connectivity index (χ0n) is 23.7. The van der Waals surface area contributed by atoms with Crippen molar-refractivity contribution in [2.24, 2.45) is 4.99 Å². The average molecular weight is 566 g/mol. The fourth-order valence-corrected chi connectivity index (χ4v) is 5.69. The highest BCUT2D eigenvalue weighted by molar-refractivity contribution is 7.07. The smallest absolute Gasteiger partial charge is 0.337 e. The van der Waals surface area contributed by atoms with Gasteiger partial charge >= 0.3 is 5.97 Å². The summed E-state index contributed by atoms with van der Waals surface area (Å²) in [6.45, 7) is 10.6. The molecule has 212 valence electrons. The monoisotopic (exact) mass is 565 g/mol. The molecule has 9 nitrogen and oxygen atoms in total. The molecule has 1 aliphatic rings. The predicted octanol–water partition coefficient (Wildman–Crippen LogP) is 3.67. The van der Waals surface area contributed by atoms with Crippen molar-refractivity contribution in [3.63, 3.8) is 0 Å². The van der Waals surface area contributed by atoms with E-state index in [2.05, 4.69) is 23.7 Å². The predicted molar refractivity (Wildman–Crippen MR) is 156 cm³/mol. The highest BCUT2D eigenvalue weighted by atomic mass is 32.1. The molecule has 10 heteroatoms. The first-order valence-corrected chi connectivity index (χ1v) is 14.1. The van der Waals surface area contributed by atoms with Crippen molar-refractivity contribution in [3.05, 3.63) is 79.0 Å². The summed E-state index contributed by atoms with van der Waals surface area (Å²) in [5.41, 5.74) is 2.46. The molecule has 0 spiro atoms. The van der Waals surface area contributed by atoms with Crippen molar-refractivity contribution in [1.82, 2.24) is 4.57 Å². The molecule has 1 aliphatic heterocycles. The Morgan fingerprint density at radius 2 is 1.73 bits per heavy atom. The molecular weight excluding hydrogens is 530 g/mol. The van der Waals surface area contributed by atoms with E-state index in [1.54, 1.807) is 25.3 Å². The molecule has 40 heavy (non-hydrogen) atoms. The highest BCUT2D eigenvalue weighted by Crippen LogP contribution is 2.35. The summed E-state index contributed by atoms with van der Waals surface area (Å²) in [6.07, 6.45) is 3.28. The standard InChI is InChI=1S/C30H35N3O6S/c1-7-32(8-2)21-13-11-19(24(17-21)36-5)16-26-28(34)33-27(22(29(35)37-6)18-31-30(33)40-26)20-12-14-23(38-9-3)25(15-20)39-10-4/h11-18,27H,7-10H2,1-6H3/b26-16-/t27-/m0/s1. The minimum Gasteiger partial charge on any atom is -0.496 e. The average Bonchev–Trinajstić information content (AvgIpc) is 3.29. The number of nitrogens with zero attached hydrogens (tertiary/aromatic N) is 3. The zero-order valence-corrected chi connectivity index (χ0v) is 24.5. The Labute approximate surface area is 237 Å². The van der Waals surface area contributed by atoms with Crippen molar-refractivity contribution in [3.8, 4) is 17.2 Å². The molecule has 0 aliphatic carbocycles. The van der Waals surface area contributed by atoms with E-state index in [1.807, 2.05) is 38.1 Å². The lowest BCUT2D eigenvalue weighted by atomic mass is 9.97. The van der Waals surface area contributed by atoms with Crippen LogP contribution in [0, 0.1) is 0 Å². The fraction of sp³-hybridized carbons (Fsp3) is 0.367. The van der Waals surface area contributed by atoms with E-state index < -0.39 is 12.0 Å². The van der Waals surface area contributed by atoms with Gasteiger partial charge in [0.1, 0.15) is 5.75 Å². The van der Waals surface area contributed by atoms with Crippen LogP contribution >= 0.6 is 11.3 Å². The van der Waals surface area contributed by atoms with Gasteiger partial charge in [0.2, 0.25) is 0 Å². The normalized spacial score (nSPS) is 14.6. The number of fused-ring (bicyclic) bond motifs is 1. The van der Waals surface area contributed by atoms with E-state index in [-0.39, 0.29) is 11.1 Å². The summed E-state index contributed by atoms with van der Waals surface area (Å²) in [6, 6.07) is 10.6. The summed E-state index contributed by atoms with van der Waals surface area (Å²) in [5.74, 6) is 1.21. The summed E-state index contributed by atoms with van der Waals surface area (Å²) >= 11 is 1.25. The van der Waals surface area contributed by atoms with Gasteiger partial charge in [-0.2, -0.15) is 0 Å². The molecule has 0 N–H and O–H groups in total. The van der Waals surface area contributed by atoms with Gasteiger partial charge in [0.05, 0.1) is 43.6 Å². The zero-order chi connectivity index (χ0) is 28.8. The molecular formula is C30H35N3O6S. The van der Waals surface area contributed by atoms with E-state index in [4.69, 9.17) is 18.9 Å². The van der Waals surface area contributed by atoms with Crippen LogP contribution < -0.4 is 34.0 Å². The summed E-state index contributed by atoms with van der Waals surface area (Å²) in [4.78, 5) is 33.9. The van der Waals surface area contributed by atoms with E-state index in [1.165, 1.54) is 29.2 Å². The Hall–Kier alpha value is -4.05. The highest BCUT2D eigenvalue weighted by Gasteiger charge is 2.31. The van der Waals surface area contributed by atoms with E-state index in [0.717, 1.165) is 24.3 Å². The van der Waals surface area contributed by atoms with Crippen LogP contribution in [-0.2, 0) is 9.53 Å². The number of methoxy groups -OCH3 is 2. The lowest BCUT2D eigenvalue weighted by Gasteiger charge is -2.23. The number of esters is 1. The molecule has 1 atom stereocenters. The molecule has 0 unspecified atom stereocenters. The Kier molecular flexibility index (Phi) is 9.31. The lowest BCUT2D eigenvalue weighted by Crippen LogP contribution is -2.39. The van der Waals surface area contributed by atoms with Gasteiger partial charge in [-0.05, 0) is 63.6 Å². The first-order valence-electron chi connectivity index (χ1n) is 13.3. The largest absolute Gasteiger partial charge is 0.496 e. The Morgan fingerprint density at radius 1 is 1.00 bits per heavy atom. The number of aromatic nitrogens is 1. The lowest BCUT2D eigenvalue weighted by molar-refractivity contribution is -0.136. The summed E-state index contributed by atoms with van der Waals surface area (Å²) < 4.78 is 24.3. The Balaban J connectivity index is 1.88. The van der Waals surface area contributed by atoms with Crippen LogP contribution in [0.25, 0.3) is 6.08 Å². The second-order valence-electron chi connectivity index (χ2n) is 8.85. The van der Waals surface area contributed by atoms with E-state index in [0.29, 0.717) is 45.4 Å². The minimum atomic E-state index is -0.757. The molecule has 0 fully saturated rings. The quantitative estimate of drug-likeness (QED) is 0.328. The number of anilines is 1. The molecule has 3 aromatic rings. The number of hydrogen-bond donors (Lipinski definition) is 0. The molecule has 2 heterocycles. The number of carbonyl (C=O) groups excluding carboxylic acids is 1. The molecule has 0 saturated carbocycles. The van der Waals surface area contributed by atoms with Gasteiger partial charge in [0.15, 0.2) is 16.3 Å². The van der Waals surface area contributed by atoms with Crippen LogP contribution in [-0.4, -0.2) is 51.1 Å². The number of thiazole rings is 1. The van der Waals surface area contributed by atoms with Crippen LogP contribution in [0.4, 0.5) is 5.69 Å². The maximum absolute atomic E-state index is 13.9. The van der Waals surface area contributed by atoms with Crippen molar-refractivity contribution >= 4 is 29.1 Å². The molecule has 0 amide bonds. The van der Waals surface area contributed by atoms with E-state index >= 15 is 0 Å². The maximum atomic E-state index is 13.9. The number of rotatable bonds is 11. The van der Waals surface area contributed by atoms with Crippen LogP contribution in [0.15, 0.2) is 58.0 Å². The SMILES string of the molecule is CCOc1ccc([C@H]2C(C(=O)OC)=CN=c3s/c(=C\c4ccc(N(CC)CC)cc4OC)c(=O)n32)cc1OCC. The number of benzene rings is 2. The molecule has 0 bridgehead atoms. The Morgan fingerprint density at radius 3 is 2.38 bits per heavy atom. The van der Waals surface area contributed by atoms with Crippen LogP contribution in [0.3, 0.4) is 0 Å². The van der Waals surface area contributed by atoms with Gasteiger partial charge in [0, 0.05) is 36.6 Å². The maximum Gasteiger partial charge on any atom is 0.337 e. The number of ether oxygens (including phenoxy) is 4. The Bertz CT molecular complexity index is 1590. The number of hydrogen-bond acceptors (Lipinski definition) is 9. The topological polar surface area (TPSA) is 91.6 Å². The summed E-state index contributed by atoms with van der Waals surface area (Å²) in [7, 11) is 2.92. The molecule has 1 aromatic heterocycles. The second kappa shape index (κ2) is 12.9. The van der Waals surface area contributed by atoms with Crippen LogP contribution in [0.5, 0.6) is 17.2 Å². The molecule has 0 saturated heterocycles. The minimum absolute atomic E-state index is 0.245. The third kappa shape index (κ3) is 5.62. The van der Waals surface area contributed by atoms with Crippen molar-refractivity contribution in [1.29, 1.82) is 0 Å². The van der Waals surface area contributed by atoms with Gasteiger partial charge in [-0.1, -0.05) is 17.4 Å². The summed E-state index contributed by atoms with van der Waals surface area (Å²) in [5, 5.41) is 0. The molecule has 0 radical (unpaired) electrons. The second-order valence-corrected chi connectivity index (χ2v) is 9.86. The van der Waals surface area contributed by atoms with Gasteiger partial charge in [-0.25, -0.2) is 9.79 Å². The van der Waals surface area contributed by atoms with Gasteiger partial charge in [-0.3, -0.25) is 9.36 Å². The first kappa shape index (κ1) is 28.9. The third-order valence-corrected chi connectivity index (χ3v) is 7.64. The van der Waals surface area contributed by atoms with Crippen molar-refractivity contribution < 1.29 is 23.7 Å². The van der Waals surface area contributed by atoms with Gasteiger partial charge < -0.3 is 23.8 Å². The first-order chi connectivity index (χ1) is 19.4. The molecule has 4 rings (SSSR count). The number of carbonyl (C=O) groups is 1. The fourth-order valence-electron chi connectivity index (χ4n) is 4.73. The van der Waals surface area contributed by atoms with Crippen molar-refractivity contribution in [2.75, 3.05) is 45.4 Å². The van der Waals surface area contributed by atoms with Gasteiger partial charge in [-0.15, -0.1) is 0 Å². The van der Waals surface area contributed by atoms with Gasteiger partial charge in [0.25, 0.3) is 5.56 Å². The van der Waals surface area contributed by atoms with E-state index in [9.17, 15) is 9.59 Å². The van der Waals surface area contributed by atoms with Crippen LogP contribution in [0.1, 0.15) is 44.9 Å². The van der Waals surface area contributed by atoms with Crippen molar-refractivity contribution in [2.45, 2.75) is 33.7 Å². The third-order valence-electron chi connectivity index (χ3n) is 6.64. The molecule has 2 aromatic carbocycles.